The van der Waals surface area contributed by atoms with E-state index in [1.54, 1.807) is 18.4 Å². The highest BCUT2D eigenvalue weighted by Crippen LogP contribution is 2.36. The Morgan fingerprint density at radius 1 is 1.30 bits per heavy atom. The highest BCUT2D eigenvalue weighted by molar-refractivity contribution is 7.10. The molecule has 27 heavy (non-hydrogen) atoms. The molecule has 1 aromatic carbocycles. The number of carbonyl (C=O) groups is 2. The van der Waals surface area contributed by atoms with Crippen LogP contribution in [-0.2, 0) is 9.59 Å². The number of hydrogen-bond donors (Lipinski definition) is 1. The number of likely N-dealkylation sites (N-methyl/N-ethyl adjacent to an activating group) is 1. The molecule has 2 amide bonds. The first-order valence-electron chi connectivity index (χ1n) is 9.36. The van der Waals surface area contributed by atoms with Gasteiger partial charge in [0.2, 0.25) is 11.8 Å². The number of carbonyl (C=O) groups excluding carboxylic acids is 2. The van der Waals surface area contributed by atoms with Crippen LogP contribution in [0.1, 0.15) is 36.2 Å². The molecule has 1 fully saturated rings. The van der Waals surface area contributed by atoms with E-state index in [1.165, 1.54) is 9.78 Å². The number of anilines is 1. The quantitative estimate of drug-likeness (QED) is 0.825. The minimum Gasteiger partial charge on any atom is -0.335 e. The van der Waals surface area contributed by atoms with Crippen LogP contribution in [0.3, 0.4) is 0 Å². The first-order chi connectivity index (χ1) is 13.0. The van der Waals surface area contributed by atoms with Gasteiger partial charge in [0, 0.05) is 23.7 Å². The predicted molar refractivity (Wildman–Crippen MR) is 110 cm³/mol. The minimum atomic E-state index is -0.239. The van der Waals surface area contributed by atoms with Crippen molar-refractivity contribution in [1.82, 2.24) is 9.80 Å². The molecule has 2 atom stereocenters. The van der Waals surface area contributed by atoms with Crippen LogP contribution in [0, 0.1) is 6.92 Å². The van der Waals surface area contributed by atoms with E-state index < -0.39 is 0 Å². The van der Waals surface area contributed by atoms with Gasteiger partial charge in [0.15, 0.2) is 0 Å². The van der Waals surface area contributed by atoms with Crippen LogP contribution in [0.15, 0.2) is 41.8 Å². The summed E-state index contributed by atoms with van der Waals surface area (Å²) in [6.07, 6.45) is 2.17. The molecule has 2 aromatic rings. The molecule has 1 N–H and O–H groups in total. The topological polar surface area (TPSA) is 52.7 Å². The molecule has 2 heterocycles. The Morgan fingerprint density at radius 3 is 2.70 bits per heavy atom. The summed E-state index contributed by atoms with van der Waals surface area (Å²) in [5, 5.41) is 4.93. The molecule has 144 valence electrons. The molecule has 0 saturated carbocycles. The Bertz CT molecular complexity index is 773. The molecule has 0 radical (unpaired) electrons. The monoisotopic (exact) mass is 385 g/mol. The van der Waals surface area contributed by atoms with Gasteiger partial charge in [-0.05, 0) is 56.8 Å². The first kappa shape index (κ1) is 19.6. The number of thiophene rings is 1. The fraction of sp³-hybridized carbons (Fsp3) is 0.429. The van der Waals surface area contributed by atoms with E-state index in [9.17, 15) is 9.59 Å². The van der Waals surface area contributed by atoms with Gasteiger partial charge in [0.05, 0.1) is 12.6 Å². The second-order valence-corrected chi connectivity index (χ2v) is 8.18. The Balaban J connectivity index is 1.57. The molecule has 1 aliphatic heterocycles. The third-order valence-corrected chi connectivity index (χ3v) is 6.09. The summed E-state index contributed by atoms with van der Waals surface area (Å²) in [6.45, 7) is 4.91. The zero-order chi connectivity index (χ0) is 19.4. The van der Waals surface area contributed by atoms with Crippen LogP contribution in [0.5, 0.6) is 0 Å². The van der Waals surface area contributed by atoms with E-state index in [1.807, 2.05) is 38.1 Å². The average molecular weight is 386 g/mol. The zero-order valence-electron chi connectivity index (χ0n) is 16.1. The largest absolute Gasteiger partial charge is 0.335 e. The number of amides is 2. The summed E-state index contributed by atoms with van der Waals surface area (Å²) >= 11 is 1.74. The number of likely N-dealkylation sites (tertiary alicyclic amines) is 1. The molecule has 0 bridgehead atoms. The fourth-order valence-electron chi connectivity index (χ4n) is 3.63. The van der Waals surface area contributed by atoms with Crippen molar-refractivity contribution < 1.29 is 9.59 Å². The van der Waals surface area contributed by atoms with Crippen LogP contribution >= 0.6 is 11.3 Å². The van der Waals surface area contributed by atoms with Crippen molar-refractivity contribution in [3.05, 3.63) is 52.2 Å². The molecule has 0 spiro atoms. The molecule has 1 aromatic heterocycles. The number of aryl methyl sites for hydroxylation is 1. The van der Waals surface area contributed by atoms with Crippen LogP contribution in [0.25, 0.3) is 0 Å². The van der Waals surface area contributed by atoms with Crippen molar-refractivity contribution in [3.8, 4) is 0 Å². The summed E-state index contributed by atoms with van der Waals surface area (Å²) in [6, 6.07) is 11.9. The molecule has 0 unspecified atom stereocenters. The van der Waals surface area contributed by atoms with E-state index in [0.717, 1.165) is 30.6 Å². The average Bonchev–Trinajstić information content (AvgIpc) is 3.33. The number of rotatable bonds is 6. The highest BCUT2D eigenvalue weighted by atomic mass is 32.1. The predicted octanol–water partition coefficient (Wildman–Crippen LogP) is 3.68. The molecule has 1 aliphatic rings. The summed E-state index contributed by atoms with van der Waals surface area (Å²) in [5.41, 5.74) is 1.89. The van der Waals surface area contributed by atoms with Crippen LogP contribution in [0.2, 0.25) is 0 Å². The molecular weight excluding hydrogens is 358 g/mol. The van der Waals surface area contributed by atoms with E-state index in [2.05, 4.69) is 27.7 Å². The smallest absolute Gasteiger partial charge is 0.243 e. The zero-order valence-corrected chi connectivity index (χ0v) is 17.0. The van der Waals surface area contributed by atoms with Gasteiger partial charge < -0.3 is 10.2 Å². The summed E-state index contributed by atoms with van der Waals surface area (Å²) in [5.74, 6) is -0.198. The van der Waals surface area contributed by atoms with E-state index >= 15 is 0 Å². The molecule has 3 rings (SSSR count). The maximum Gasteiger partial charge on any atom is 0.243 e. The third-order valence-electron chi connectivity index (χ3n) is 5.11. The maximum atomic E-state index is 12.9. The second kappa shape index (κ2) is 8.67. The van der Waals surface area contributed by atoms with Gasteiger partial charge in [-0.1, -0.05) is 23.8 Å². The van der Waals surface area contributed by atoms with Gasteiger partial charge >= 0.3 is 0 Å². The summed E-state index contributed by atoms with van der Waals surface area (Å²) in [7, 11) is 1.70. The minimum absolute atomic E-state index is 0.0162. The Labute approximate surface area is 165 Å². The number of nitrogens with one attached hydrogen (secondary N) is 1. The molecular formula is C21H27N3O2S. The SMILES string of the molecule is Cc1ccc(NC(=O)CN(C)C(=O)[C@@H](C)N2CCC[C@@H]2c2cccs2)cc1. The van der Waals surface area contributed by atoms with E-state index in [-0.39, 0.29) is 24.4 Å². The van der Waals surface area contributed by atoms with Crippen LogP contribution in [-0.4, -0.2) is 47.8 Å². The summed E-state index contributed by atoms with van der Waals surface area (Å²) in [4.78, 5) is 30.3. The molecule has 0 aliphatic carbocycles. The lowest BCUT2D eigenvalue weighted by atomic mass is 10.1. The van der Waals surface area contributed by atoms with Crippen molar-refractivity contribution in [2.75, 3.05) is 25.5 Å². The van der Waals surface area contributed by atoms with Crippen LogP contribution < -0.4 is 5.32 Å². The Kier molecular flexibility index (Phi) is 6.29. The van der Waals surface area contributed by atoms with Gasteiger partial charge in [0.1, 0.15) is 0 Å². The van der Waals surface area contributed by atoms with Gasteiger partial charge in [-0.25, -0.2) is 0 Å². The van der Waals surface area contributed by atoms with Crippen LogP contribution in [0.4, 0.5) is 5.69 Å². The first-order valence-corrected chi connectivity index (χ1v) is 10.2. The second-order valence-electron chi connectivity index (χ2n) is 7.20. The normalized spacial score (nSPS) is 18.3. The van der Waals surface area contributed by atoms with Crippen molar-refractivity contribution in [2.24, 2.45) is 0 Å². The lowest BCUT2D eigenvalue weighted by molar-refractivity contribution is -0.138. The molecule has 5 nitrogen and oxygen atoms in total. The standard InChI is InChI=1S/C21H27N3O2S/c1-15-8-10-17(11-9-15)22-20(25)14-23(3)21(26)16(2)24-12-4-6-18(24)19-7-5-13-27-19/h5,7-11,13,16,18H,4,6,12,14H2,1-3H3,(H,22,25)/t16-,18-/m1/s1. The van der Waals surface area contributed by atoms with Gasteiger partial charge in [-0.2, -0.15) is 0 Å². The Morgan fingerprint density at radius 2 is 2.04 bits per heavy atom. The van der Waals surface area contributed by atoms with Gasteiger partial charge in [0.25, 0.3) is 0 Å². The number of hydrogen-bond acceptors (Lipinski definition) is 4. The molecule has 1 saturated heterocycles. The summed E-state index contributed by atoms with van der Waals surface area (Å²) < 4.78 is 0. The maximum absolute atomic E-state index is 12.9. The molecule has 6 heteroatoms. The lowest BCUT2D eigenvalue weighted by Crippen LogP contribution is -2.47. The van der Waals surface area contributed by atoms with Crippen molar-refractivity contribution in [2.45, 2.75) is 38.8 Å². The van der Waals surface area contributed by atoms with Crippen molar-refractivity contribution >= 4 is 28.8 Å². The number of benzene rings is 1. The van der Waals surface area contributed by atoms with Gasteiger partial charge in [-0.3, -0.25) is 14.5 Å². The third kappa shape index (κ3) is 4.76. The fourth-order valence-corrected chi connectivity index (χ4v) is 4.51. The number of nitrogens with zero attached hydrogens (tertiary/aromatic N) is 2. The van der Waals surface area contributed by atoms with Crippen molar-refractivity contribution in [1.29, 1.82) is 0 Å². The van der Waals surface area contributed by atoms with Crippen molar-refractivity contribution in [3.63, 3.8) is 0 Å². The Hall–Kier alpha value is -2.18. The van der Waals surface area contributed by atoms with E-state index in [0.29, 0.717) is 6.04 Å². The van der Waals surface area contributed by atoms with E-state index in [4.69, 9.17) is 0 Å². The van der Waals surface area contributed by atoms with Gasteiger partial charge in [-0.15, -0.1) is 11.3 Å². The lowest BCUT2D eigenvalue weighted by Gasteiger charge is -2.31. The highest BCUT2D eigenvalue weighted by Gasteiger charge is 2.34.